The lowest BCUT2D eigenvalue weighted by Gasteiger charge is -2.29. The first-order chi connectivity index (χ1) is 11.8. The Morgan fingerprint density at radius 3 is 2.62 bits per heavy atom. The van der Waals surface area contributed by atoms with Gasteiger partial charge in [-0.2, -0.15) is 0 Å². The Morgan fingerprint density at radius 1 is 1.04 bits per heavy atom. The average Bonchev–Trinajstić information content (AvgIpc) is 3.26. The first-order valence-electron chi connectivity index (χ1n) is 8.95. The molecule has 126 valence electrons. The second-order valence-corrected chi connectivity index (χ2v) is 6.78. The van der Waals surface area contributed by atoms with Gasteiger partial charge >= 0.3 is 0 Å². The van der Waals surface area contributed by atoms with E-state index >= 15 is 0 Å². The normalized spacial score (nSPS) is 22.1. The number of aryl methyl sites for hydroxylation is 1. The van der Waals surface area contributed by atoms with E-state index in [0.717, 1.165) is 29.8 Å². The van der Waals surface area contributed by atoms with Crippen LogP contribution in [0.5, 0.6) is 0 Å². The number of hydrogen-bond acceptors (Lipinski definition) is 6. The van der Waals surface area contributed by atoms with Gasteiger partial charge in [0.05, 0.1) is 6.04 Å². The standard InChI is InChI=1S/C18H24N6/c1-13-12-16(23-18-19-9-5-10-20-18)22-17(21-13)15-8-4-11-24(15)14-6-2-3-7-14/h5,9-10,12,14-15H,2-4,6-8,11H2,1H3,(H,19,20,21,22,23)/t15-/m0/s1. The number of nitrogens with one attached hydrogen (secondary N) is 1. The van der Waals surface area contributed by atoms with Gasteiger partial charge in [-0.15, -0.1) is 0 Å². The third kappa shape index (κ3) is 3.24. The molecule has 0 aromatic carbocycles. The molecule has 24 heavy (non-hydrogen) atoms. The lowest BCUT2D eigenvalue weighted by Crippen LogP contribution is -2.33. The van der Waals surface area contributed by atoms with Crippen LogP contribution in [0.25, 0.3) is 0 Å². The molecule has 0 spiro atoms. The Bertz CT molecular complexity index is 683. The molecule has 2 fully saturated rings. The van der Waals surface area contributed by atoms with Gasteiger partial charge in [0.2, 0.25) is 5.95 Å². The first kappa shape index (κ1) is 15.4. The molecule has 2 aliphatic rings. The van der Waals surface area contributed by atoms with E-state index in [0.29, 0.717) is 12.0 Å². The maximum Gasteiger partial charge on any atom is 0.228 e. The van der Waals surface area contributed by atoms with Gasteiger partial charge in [-0.1, -0.05) is 12.8 Å². The fourth-order valence-corrected chi connectivity index (χ4v) is 4.02. The third-order valence-corrected chi connectivity index (χ3v) is 5.06. The molecule has 1 atom stereocenters. The van der Waals surface area contributed by atoms with Crippen molar-refractivity contribution >= 4 is 11.8 Å². The summed E-state index contributed by atoms with van der Waals surface area (Å²) in [6.45, 7) is 3.20. The average molecular weight is 324 g/mol. The van der Waals surface area contributed by atoms with Crippen LogP contribution in [-0.4, -0.2) is 37.4 Å². The van der Waals surface area contributed by atoms with Crippen LogP contribution in [0.2, 0.25) is 0 Å². The fourth-order valence-electron chi connectivity index (χ4n) is 4.02. The molecule has 0 radical (unpaired) electrons. The summed E-state index contributed by atoms with van der Waals surface area (Å²) < 4.78 is 0. The number of likely N-dealkylation sites (tertiary alicyclic amines) is 1. The highest BCUT2D eigenvalue weighted by molar-refractivity contribution is 5.47. The molecule has 0 unspecified atom stereocenters. The van der Waals surface area contributed by atoms with Crippen LogP contribution in [0.3, 0.4) is 0 Å². The minimum Gasteiger partial charge on any atom is -0.309 e. The van der Waals surface area contributed by atoms with Gasteiger partial charge in [-0.3, -0.25) is 4.90 Å². The highest BCUT2D eigenvalue weighted by atomic mass is 15.2. The van der Waals surface area contributed by atoms with Gasteiger partial charge in [0.25, 0.3) is 0 Å². The Labute approximate surface area is 142 Å². The first-order valence-corrected chi connectivity index (χ1v) is 8.95. The molecule has 3 heterocycles. The van der Waals surface area contributed by atoms with Crippen LogP contribution in [0.15, 0.2) is 24.5 Å². The van der Waals surface area contributed by atoms with Crippen LogP contribution in [0, 0.1) is 6.92 Å². The number of hydrogen-bond donors (Lipinski definition) is 1. The Balaban J connectivity index is 1.58. The van der Waals surface area contributed by atoms with E-state index in [1.807, 2.05) is 13.0 Å². The van der Waals surface area contributed by atoms with Crippen molar-refractivity contribution in [1.29, 1.82) is 0 Å². The molecule has 4 rings (SSSR count). The van der Waals surface area contributed by atoms with Gasteiger partial charge < -0.3 is 5.32 Å². The molecule has 0 bridgehead atoms. The Hall–Kier alpha value is -2.08. The molecular weight excluding hydrogens is 300 g/mol. The molecule has 6 nitrogen and oxygen atoms in total. The van der Waals surface area contributed by atoms with Crippen LogP contribution >= 0.6 is 0 Å². The van der Waals surface area contributed by atoms with E-state index in [2.05, 4.69) is 20.2 Å². The van der Waals surface area contributed by atoms with Crippen molar-refractivity contribution in [2.75, 3.05) is 11.9 Å². The second kappa shape index (κ2) is 6.81. The van der Waals surface area contributed by atoms with Gasteiger partial charge in [0, 0.05) is 30.2 Å². The number of anilines is 2. The summed E-state index contributed by atoms with van der Waals surface area (Å²) in [6, 6.07) is 4.83. The summed E-state index contributed by atoms with van der Waals surface area (Å²) in [6.07, 6.45) is 11.2. The van der Waals surface area contributed by atoms with Crippen LogP contribution in [0.1, 0.15) is 56.1 Å². The predicted molar refractivity (Wildman–Crippen MR) is 93.0 cm³/mol. The molecule has 1 N–H and O–H groups in total. The maximum absolute atomic E-state index is 4.79. The molecule has 2 aromatic rings. The number of aromatic nitrogens is 4. The van der Waals surface area contributed by atoms with Crippen LogP contribution in [-0.2, 0) is 0 Å². The highest BCUT2D eigenvalue weighted by Gasteiger charge is 2.34. The largest absolute Gasteiger partial charge is 0.309 e. The van der Waals surface area contributed by atoms with Gasteiger partial charge in [-0.05, 0) is 45.2 Å². The van der Waals surface area contributed by atoms with Crippen LogP contribution < -0.4 is 5.32 Å². The summed E-state index contributed by atoms with van der Waals surface area (Å²) in [5, 5.41) is 3.20. The molecule has 0 amide bonds. The van der Waals surface area contributed by atoms with Crippen molar-refractivity contribution in [3.63, 3.8) is 0 Å². The van der Waals surface area contributed by atoms with E-state index in [1.54, 1.807) is 18.5 Å². The Morgan fingerprint density at radius 2 is 1.83 bits per heavy atom. The monoisotopic (exact) mass is 324 g/mol. The van der Waals surface area contributed by atoms with Crippen molar-refractivity contribution < 1.29 is 0 Å². The lowest BCUT2D eigenvalue weighted by molar-refractivity contribution is 0.176. The molecule has 1 saturated heterocycles. The molecule has 1 aliphatic carbocycles. The van der Waals surface area contributed by atoms with Gasteiger partial charge in [0.1, 0.15) is 11.6 Å². The fraction of sp³-hybridized carbons (Fsp3) is 0.556. The molecule has 2 aromatic heterocycles. The Kier molecular flexibility index (Phi) is 4.38. The van der Waals surface area contributed by atoms with Gasteiger partial charge in [0.15, 0.2) is 0 Å². The summed E-state index contributed by atoms with van der Waals surface area (Å²) in [7, 11) is 0. The van der Waals surface area contributed by atoms with Crippen molar-refractivity contribution in [3.05, 3.63) is 36.0 Å². The number of rotatable bonds is 4. The third-order valence-electron chi connectivity index (χ3n) is 5.06. The van der Waals surface area contributed by atoms with Crippen molar-refractivity contribution in [2.24, 2.45) is 0 Å². The predicted octanol–water partition coefficient (Wildman–Crippen LogP) is 3.40. The zero-order chi connectivity index (χ0) is 16.4. The van der Waals surface area contributed by atoms with Crippen molar-refractivity contribution in [3.8, 4) is 0 Å². The molecule has 6 heteroatoms. The molecule has 1 aliphatic heterocycles. The highest BCUT2D eigenvalue weighted by Crippen LogP contribution is 2.37. The van der Waals surface area contributed by atoms with E-state index in [1.165, 1.54) is 38.6 Å². The van der Waals surface area contributed by atoms with Crippen LogP contribution in [0.4, 0.5) is 11.8 Å². The minimum absolute atomic E-state index is 0.352. The van der Waals surface area contributed by atoms with Crippen molar-refractivity contribution in [1.82, 2.24) is 24.8 Å². The summed E-state index contributed by atoms with van der Waals surface area (Å²) in [4.78, 5) is 20.6. The second-order valence-electron chi connectivity index (χ2n) is 6.78. The minimum atomic E-state index is 0.352. The van der Waals surface area contributed by atoms with E-state index in [4.69, 9.17) is 9.97 Å². The molecule has 1 saturated carbocycles. The maximum atomic E-state index is 4.79. The van der Waals surface area contributed by atoms with Crippen molar-refractivity contribution in [2.45, 2.75) is 57.5 Å². The summed E-state index contributed by atoms with van der Waals surface area (Å²) >= 11 is 0. The number of nitrogens with zero attached hydrogens (tertiary/aromatic N) is 5. The topological polar surface area (TPSA) is 66.8 Å². The van der Waals surface area contributed by atoms with Gasteiger partial charge in [-0.25, -0.2) is 19.9 Å². The smallest absolute Gasteiger partial charge is 0.228 e. The SMILES string of the molecule is Cc1cc(Nc2ncccn2)nc([C@@H]2CCCN2C2CCCC2)n1. The lowest BCUT2D eigenvalue weighted by atomic mass is 10.1. The summed E-state index contributed by atoms with van der Waals surface area (Å²) in [5.74, 6) is 2.29. The molecular formula is C18H24N6. The van der Waals surface area contributed by atoms with E-state index < -0.39 is 0 Å². The quantitative estimate of drug-likeness (QED) is 0.930. The zero-order valence-electron chi connectivity index (χ0n) is 14.1. The van der Waals surface area contributed by atoms with E-state index in [9.17, 15) is 0 Å². The van der Waals surface area contributed by atoms with E-state index in [-0.39, 0.29) is 0 Å². The summed E-state index contributed by atoms with van der Waals surface area (Å²) in [5.41, 5.74) is 0.983. The zero-order valence-corrected chi connectivity index (χ0v) is 14.1.